The number of carbonyl (C=O) groups is 2. The van der Waals surface area contributed by atoms with Gasteiger partial charge in [0.05, 0.1) is 0 Å². The predicted molar refractivity (Wildman–Crippen MR) is 137 cm³/mol. The van der Waals surface area contributed by atoms with Crippen molar-refractivity contribution in [3.8, 4) is 0 Å². The summed E-state index contributed by atoms with van der Waals surface area (Å²) in [6.07, 6.45) is 13.7. The average Bonchev–Trinajstić information content (AvgIpc) is 2.76. The Morgan fingerprint density at radius 3 is 2.44 bits per heavy atom. The molecular weight excluding hydrogens is 422 g/mol. The lowest BCUT2D eigenvalue weighted by atomic mass is 9.53. The number of hydrogen-bond donors (Lipinski definition) is 2. The van der Waals surface area contributed by atoms with E-state index >= 15 is 0 Å². The van der Waals surface area contributed by atoms with Gasteiger partial charge in [0.2, 0.25) is 11.7 Å². The smallest absolute Gasteiger partial charge is 0.220 e. The van der Waals surface area contributed by atoms with Crippen LogP contribution in [0, 0.1) is 28.6 Å². The normalized spacial score (nSPS) is 40.7. The van der Waals surface area contributed by atoms with E-state index in [0.717, 1.165) is 49.7 Å². The van der Waals surface area contributed by atoms with E-state index < -0.39 is 0 Å². The van der Waals surface area contributed by atoms with E-state index in [1.54, 1.807) is 13.0 Å². The van der Waals surface area contributed by atoms with Gasteiger partial charge in [0.15, 0.2) is 5.76 Å². The molecule has 0 bridgehead atoms. The molecule has 4 nitrogen and oxygen atoms in total. The topological polar surface area (TPSA) is 66.4 Å². The first-order valence-electron chi connectivity index (χ1n) is 13.2. The molecule has 1 amide bonds. The maximum atomic E-state index is 12.6. The zero-order valence-electron chi connectivity index (χ0n) is 22.2. The minimum Gasteiger partial charge on any atom is -0.504 e. The SMILES string of the molecule is CC(=O)N[C@]1(C)CC[C@]2(C)CC[C@H](C)C3=CC=C4C(=CC(=O)C(O)=C4C)[C@]3(C)CC[C@@H](C)[C@@H]2C1. The number of nitrogens with one attached hydrogen (secondary N) is 1. The number of allylic oxidation sites excluding steroid dienone is 7. The maximum Gasteiger partial charge on any atom is 0.220 e. The first kappa shape index (κ1) is 25.0. The molecule has 2 fully saturated rings. The molecule has 0 aromatic heterocycles. The van der Waals surface area contributed by atoms with E-state index in [2.05, 4.69) is 52.1 Å². The van der Waals surface area contributed by atoms with Crippen molar-refractivity contribution in [1.82, 2.24) is 5.32 Å². The Bertz CT molecular complexity index is 1030. The van der Waals surface area contributed by atoms with E-state index in [4.69, 9.17) is 0 Å². The van der Waals surface area contributed by atoms with Crippen LogP contribution in [0.3, 0.4) is 0 Å². The van der Waals surface area contributed by atoms with Crippen LogP contribution in [0.1, 0.15) is 93.4 Å². The summed E-state index contributed by atoms with van der Waals surface area (Å²) in [5.74, 6) is 1.17. The van der Waals surface area contributed by atoms with Gasteiger partial charge in [-0.2, -0.15) is 0 Å². The number of hydrogen-bond acceptors (Lipinski definition) is 3. The fourth-order valence-corrected chi connectivity index (χ4v) is 7.70. The van der Waals surface area contributed by atoms with Gasteiger partial charge < -0.3 is 10.4 Å². The second kappa shape index (κ2) is 8.53. The van der Waals surface area contributed by atoms with E-state index in [1.165, 1.54) is 12.0 Å². The summed E-state index contributed by atoms with van der Waals surface area (Å²) < 4.78 is 0. The lowest BCUT2D eigenvalue weighted by Gasteiger charge is -2.53. The molecule has 0 unspecified atom stereocenters. The Balaban J connectivity index is 1.70. The Labute approximate surface area is 205 Å². The average molecular weight is 466 g/mol. The molecule has 2 saturated carbocycles. The largest absolute Gasteiger partial charge is 0.504 e. The highest BCUT2D eigenvalue weighted by molar-refractivity contribution is 6.06. The standard InChI is InChI=1S/C30H43NO3/c1-18-10-12-28(5)14-15-29(6,31-21(4)32)17-25(28)19(2)11-13-30(7)23(18)9-8-22-20(3)27(34)26(33)16-24(22)30/h8-9,16,18-19,25,34H,10-15,17H2,1-7H3,(H,31,32)/t18-,19+,25-,28-,29+,30+/m0/s1. The van der Waals surface area contributed by atoms with E-state index in [1.807, 2.05) is 6.92 Å². The van der Waals surface area contributed by atoms with Crippen LogP contribution in [0.5, 0.6) is 0 Å². The summed E-state index contributed by atoms with van der Waals surface area (Å²) in [6, 6.07) is 0. The van der Waals surface area contributed by atoms with Crippen LogP contribution in [0.4, 0.5) is 0 Å². The lowest BCUT2D eigenvalue weighted by Crippen LogP contribution is -2.54. The molecule has 186 valence electrons. The van der Waals surface area contributed by atoms with Crippen LogP contribution in [-0.4, -0.2) is 22.3 Å². The fourth-order valence-electron chi connectivity index (χ4n) is 7.70. The Morgan fingerprint density at radius 1 is 1.06 bits per heavy atom. The number of fused-ring (bicyclic) bond motifs is 4. The van der Waals surface area contributed by atoms with Gasteiger partial charge in [0.25, 0.3) is 0 Å². The van der Waals surface area contributed by atoms with Gasteiger partial charge in [-0.1, -0.05) is 45.4 Å². The van der Waals surface area contributed by atoms with Gasteiger partial charge in [-0.15, -0.1) is 0 Å². The summed E-state index contributed by atoms with van der Waals surface area (Å²) in [4.78, 5) is 24.6. The molecule has 0 saturated heterocycles. The van der Waals surface area contributed by atoms with Gasteiger partial charge >= 0.3 is 0 Å². The van der Waals surface area contributed by atoms with Crippen molar-refractivity contribution in [2.75, 3.05) is 0 Å². The molecule has 0 aromatic rings. The molecular formula is C30H43NO3. The van der Waals surface area contributed by atoms with Crippen LogP contribution in [0.15, 0.2) is 46.3 Å². The molecule has 6 atom stereocenters. The Kier molecular flexibility index (Phi) is 6.28. The molecule has 34 heavy (non-hydrogen) atoms. The number of carbonyl (C=O) groups excluding carboxylic acids is 2. The zero-order chi connectivity index (χ0) is 25.1. The molecule has 0 aromatic carbocycles. The van der Waals surface area contributed by atoms with Crippen molar-refractivity contribution >= 4 is 11.7 Å². The molecule has 0 spiro atoms. The Morgan fingerprint density at radius 2 is 1.76 bits per heavy atom. The lowest BCUT2D eigenvalue weighted by molar-refractivity contribution is -0.122. The van der Waals surface area contributed by atoms with Crippen molar-refractivity contribution in [3.05, 3.63) is 46.3 Å². The molecule has 0 heterocycles. The van der Waals surface area contributed by atoms with Crippen molar-refractivity contribution < 1.29 is 14.7 Å². The van der Waals surface area contributed by atoms with Crippen LogP contribution in [-0.2, 0) is 9.59 Å². The number of aliphatic hydroxyl groups is 1. The van der Waals surface area contributed by atoms with Gasteiger partial charge in [-0.05, 0) is 99.2 Å². The summed E-state index contributed by atoms with van der Waals surface area (Å²) >= 11 is 0. The highest BCUT2D eigenvalue weighted by Gasteiger charge is 2.49. The summed E-state index contributed by atoms with van der Waals surface area (Å²) in [5, 5.41) is 13.6. The van der Waals surface area contributed by atoms with Gasteiger partial charge in [-0.25, -0.2) is 0 Å². The quantitative estimate of drug-likeness (QED) is 0.450. The highest BCUT2D eigenvalue weighted by atomic mass is 16.3. The monoisotopic (exact) mass is 465 g/mol. The van der Waals surface area contributed by atoms with E-state index in [-0.39, 0.29) is 33.8 Å². The molecule has 0 radical (unpaired) electrons. The van der Waals surface area contributed by atoms with Crippen LogP contribution < -0.4 is 5.32 Å². The third-order valence-corrected chi connectivity index (χ3v) is 9.98. The van der Waals surface area contributed by atoms with Crippen molar-refractivity contribution in [2.45, 2.75) is 99.0 Å². The molecule has 2 N–H and O–H groups in total. The van der Waals surface area contributed by atoms with E-state index in [9.17, 15) is 14.7 Å². The van der Waals surface area contributed by atoms with Crippen molar-refractivity contribution in [2.24, 2.45) is 28.6 Å². The molecule has 4 heteroatoms. The second-order valence-corrected chi connectivity index (χ2v) is 12.6. The molecule has 4 aliphatic carbocycles. The Hall–Kier alpha value is -2.10. The first-order valence-corrected chi connectivity index (χ1v) is 13.2. The summed E-state index contributed by atoms with van der Waals surface area (Å²) in [6.45, 7) is 15.3. The predicted octanol–water partition coefficient (Wildman–Crippen LogP) is 6.75. The van der Waals surface area contributed by atoms with E-state index in [0.29, 0.717) is 23.3 Å². The molecule has 4 rings (SSSR count). The minimum atomic E-state index is -0.268. The van der Waals surface area contributed by atoms with Gasteiger partial charge in [0.1, 0.15) is 0 Å². The number of amides is 1. The first-order chi connectivity index (χ1) is 15.8. The van der Waals surface area contributed by atoms with Gasteiger partial charge in [0, 0.05) is 23.5 Å². The number of aliphatic hydroxyl groups excluding tert-OH is 1. The number of rotatable bonds is 1. The van der Waals surface area contributed by atoms with Crippen molar-refractivity contribution in [3.63, 3.8) is 0 Å². The highest BCUT2D eigenvalue weighted by Crippen LogP contribution is 2.57. The third-order valence-electron chi connectivity index (χ3n) is 9.98. The maximum absolute atomic E-state index is 12.6. The second-order valence-electron chi connectivity index (χ2n) is 12.6. The van der Waals surface area contributed by atoms with Crippen LogP contribution in [0.2, 0.25) is 0 Å². The molecule has 0 aliphatic heterocycles. The summed E-state index contributed by atoms with van der Waals surface area (Å²) in [7, 11) is 0. The third kappa shape index (κ3) is 4.12. The fraction of sp³-hybridized carbons (Fsp3) is 0.667. The minimum absolute atomic E-state index is 0.0663. The number of ketones is 1. The molecule has 4 aliphatic rings. The summed E-state index contributed by atoms with van der Waals surface area (Å²) in [5.41, 5.74) is 4.16. The van der Waals surface area contributed by atoms with Crippen molar-refractivity contribution in [1.29, 1.82) is 0 Å². The zero-order valence-corrected chi connectivity index (χ0v) is 22.2. The van der Waals surface area contributed by atoms with Gasteiger partial charge in [-0.3, -0.25) is 9.59 Å². The van der Waals surface area contributed by atoms with Crippen LogP contribution >= 0.6 is 0 Å². The van der Waals surface area contributed by atoms with Crippen LogP contribution in [0.25, 0.3) is 0 Å².